The number of nitrogens with two attached hydrogens (primary N) is 1. The third kappa shape index (κ3) is 2.84. The number of ether oxygens (including phenoxy) is 1. The first-order valence-electron chi connectivity index (χ1n) is 4.79. The molecule has 15 heavy (non-hydrogen) atoms. The van der Waals surface area contributed by atoms with Crippen LogP contribution in [-0.4, -0.2) is 12.6 Å². The van der Waals surface area contributed by atoms with Crippen LogP contribution in [0.3, 0.4) is 0 Å². The molecule has 1 rings (SSSR count). The van der Waals surface area contributed by atoms with Gasteiger partial charge in [0.15, 0.2) is 0 Å². The smallest absolute Gasteiger partial charge is 0.340 e. The third-order valence-electron chi connectivity index (χ3n) is 2.11. The predicted octanol–water partition coefficient (Wildman–Crippen LogP) is 2.75. The van der Waals surface area contributed by atoms with Crippen LogP contribution in [-0.2, 0) is 4.74 Å². The number of halogens is 1. The first kappa shape index (κ1) is 12.3. The molecule has 0 fully saturated rings. The van der Waals surface area contributed by atoms with Crippen molar-refractivity contribution in [2.45, 2.75) is 20.3 Å². The van der Waals surface area contributed by atoms with Crippen LogP contribution in [0.15, 0.2) is 12.1 Å². The molecule has 0 radical (unpaired) electrons. The standard InChI is InChI=1S/C11H14INO2/c1-3-6-15-11(14)8-4-5-9(12)7(2)10(8)13/h4-5H,3,6,13H2,1-2H3. The Morgan fingerprint density at radius 3 is 2.80 bits per heavy atom. The van der Waals surface area contributed by atoms with Crippen LogP contribution in [0.4, 0.5) is 5.69 Å². The molecule has 82 valence electrons. The summed E-state index contributed by atoms with van der Waals surface area (Å²) >= 11 is 2.19. The number of benzene rings is 1. The van der Waals surface area contributed by atoms with Crippen LogP contribution in [0, 0.1) is 10.5 Å². The van der Waals surface area contributed by atoms with Gasteiger partial charge in [-0.05, 0) is 53.6 Å². The molecule has 3 nitrogen and oxygen atoms in total. The van der Waals surface area contributed by atoms with Crippen LogP contribution >= 0.6 is 22.6 Å². The molecule has 2 N–H and O–H groups in total. The molecule has 0 aliphatic heterocycles. The van der Waals surface area contributed by atoms with Gasteiger partial charge in [0.1, 0.15) is 0 Å². The molecular weight excluding hydrogens is 305 g/mol. The first-order chi connectivity index (χ1) is 7.07. The monoisotopic (exact) mass is 319 g/mol. The number of esters is 1. The zero-order valence-corrected chi connectivity index (χ0v) is 11.0. The molecule has 0 atom stereocenters. The lowest BCUT2D eigenvalue weighted by molar-refractivity contribution is 0.0506. The lowest BCUT2D eigenvalue weighted by Gasteiger charge is -2.09. The summed E-state index contributed by atoms with van der Waals surface area (Å²) in [5, 5.41) is 0. The molecule has 0 aliphatic carbocycles. The normalized spacial score (nSPS) is 10.1. The second-order valence-corrected chi connectivity index (χ2v) is 4.43. The SMILES string of the molecule is CCCOC(=O)c1ccc(I)c(C)c1N. The van der Waals surface area contributed by atoms with E-state index in [1.54, 1.807) is 6.07 Å². The van der Waals surface area contributed by atoms with Gasteiger partial charge in [0, 0.05) is 3.57 Å². The Balaban J connectivity index is 2.95. The number of hydrogen-bond acceptors (Lipinski definition) is 3. The van der Waals surface area contributed by atoms with Gasteiger partial charge in [-0.2, -0.15) is 0 Å². The van der Waals surface area contributed by atoms with Gasteiger partial charge in [-0.15, -0.1) is 0 Å². The highest BCUT2D eigenvalue weighted by Crippen LogP contribution is 2.22. The summed E-state index contributed by atoms with van der Waals surface area (Å²) in [6, 6.07) is 3.58. The van der Waals surface area contributed by atoms with E-state index in [0.717, 1.165) is 15.6 Å². The molecule has 0 amide bonds. The van der Waals surface area contributed by atoms with E-state index in [0.29, 0.717) is 17.9 Å². The third-order valence-corrected chi connectivity index (χ3v) is 3.27. The Morgan fingerprint density at radius 2 is 2.20 bits per heavy atom. The molecule has 0 aromatic heterocycles. The van der Waals surface area contributed by atoms with Crippen molar-refractivity contribution in [3.05, 3.63) is 26.8 Å². The van der Waals surface area contributed by atoms with Crippen molar-refractivity contribution in [1.29, 1.82) is 0 Å². The number of nitrogen functional groups attached to an aromatic ring is 1. The van der Waals surface area contributed by atoms with E-state index >= 15 is 0 Å². The van der Waals surface area contributed by atoms with Crippen LogP contribution in [0.25, 0.3) is 0 Å². The van der Waals surface area contributed by atoms with Gasteiger partial charge >= 0.3 is 5.97 Å². The Kier molecular flexibility index (Phi) is 4.38. The zero-order valence-electron chi connectivity index (χ0n) is 8.84. The van der Waals surface area contributed by atoms with Crippen molar-refractivity contribution < 1.29 is 9.53 Å². The van der Waals surface area contributed by atoms with Gasteiger partial charge in [-0.25, -0.2) is 4.79 Å². The van der Waals surface area contributed by atoms with Gasteiger partial charge in [-0.3, -0.25) is 0 Å². The van der Waals surface area contributed by atoms with Crippen molar-refractivity contribution in [3.8, 4) is 0 Å². The Morgan fingerprint density at radius 1 is 1.53 bits per heavy atom. The molecule has 4 heteroatoms. The topological polar surface area (TPSA) is 52.3 Å². The highest BCUT2D eigenvalue weighted by Gasteiger charge is 2.13. The van der Waals surface area contributed by atoms with Gasteiger partial charge in [-0.1, -0.05) is 6.92 Å². The summed E-state index contributed by atoms with van der Waals surface area (Å²) < 4.78 is 6.08. The highest BCUT2D eigenvalue weighted by molar-refractivity contribution is 14.1. The molecule has 0 spiro atoms. The minimum absolute atomic E-state index is 0.339. The molecule has 1 aromatic carbocycles. The number of anilines is 1. The van der Waals surface area contributed by atoms with E-state index in [1.807, 2.05) is 19.9 Å². The van der Waals surface area contributed by atoms with E-state index in [-0.39, 0.29) is 5.97 Å². The van der Waals surface area contributed by atoms with E-state index in [9.17, 15) is 4.79 Å². The molecule has 0 saturated heterocycles. The molecule has 0 heterocycles. The van der Waals surface area contributed by atoms with Crippen molar-refractivity contribution in [2.24, 2.45) is 0 Å². The lowest BCUT2D eigenvalue weighted by atomic mass is 10.1. The quantitative estimate of drug-likeness (QED) is 0.529. The maximum atomic E-state index is 11.6. The molecule has 0 saturated carbocycles. The Labute approximate surface area is 103 Å². The van der Waals surface area contributed by atoms with E-state index < -0.39 is 0 Å². The maximum Gasteiger partial charge on any atom is 0.340 e. The fourth-order valence-corrected chi connectivity index (χ4v) is 1.62. The summed E-state index contributed by atoms with van der Waals surface area (Å²) in [5.41, 5.74) is 7.76. The molecule has 0 bridgehead atoms. The van der Waals surface area contributed by atoms with Crippen LogP contribution < -0.4 is 5.73 Å². The molecule has 0 unspecified atom stereocenters. The van der Waals surface area contributed by atoms with Crippen LogP contribution in [0.5, 0.6) is 0 Å². The average molecular weight is 319 g/mol. The summed E-state index contributed by atoms with van der Waals surface area (Å²) in [6.07, 6.45) is 0.814. The number of carbonyl (C=O) groups is 1. The largest absolute Gasteiger partial charge is 0.462 e. The molecule has 1 aromatic rings. The van der Waals surface area contributed by atoms with Gasteiger partial charge < -0.3 is 10.5 Å². The summed E-state index contributed by atoms with van der Waals surface area (Å²) in [6.45, 7) is 4.28. The minimum Gasteiger partial charge on any atom is -0.462 e. The first-order valence-corrected chi connectivity index (χ1v) is 5.87. The maximum absolute atomic E-state index is 11.6. The second kappa shape index (κ2) is 5.34. The fourth-order valence-electron chi connectivity index (χ4n) is 1.15. The van der Waals surface area contributed by atoms with Crippen LogP contribution in [0.2, 0.25) is 0 Å². The predicted molar refractivity (Wildman–Crippen MR) is 68.9 cm³/mol. The number of carbonyl (C=O) groups excluding carboxylic acids is 1. The number of rotatable bonds is 3. The van der Waals surface area contributed by atoms with Crippen molar-refractivity contribution >= 4 is 34.2 Å². The fraction of sp³-hybridized carbons (Fsp3) is 0.364. The van der Waals surface area contributed by atoms with Crippen molar-refractivity contribution in [3.63, 3.8) is 0 Å². The van der Waals surface area contributed by atoms with E-state index in [4.69, 9.17) is 10.5 Å². The second-order valence-electron chi connectivity index (χ2n) is 3.27. The lowest BCUT2D eigenvalue weighted by Crippen LogP contribution is -2.10. The van der Waals surface area contributed by atoms with Crippen molar-refractivity contribution in [1.82, 2.24) is 0 Å². The average Bonchev–Trinajstić information content (AvgIpc) is 2.23. The van der Waals surface area contributed by atoms with Gasteiger partial charge in [0.05, 0.1) is 17.9 Å². The number of hydrogen-bond donors (Lipinski definition) is 1. The summed E-state index contributed by atoms with van der Waals surface area (Å²) in [4.78, 5) is 11.6. The zero-order chi connectivity index (χ0) is 11.4. The van der Waals surface area contributed by atoms with Gasteiger partial charge in [0.2, 0.25) is 0 Å². The Bertz CT molecular complexity index is 377. The Hall–Kier alpha value is -0.780. The molecule has 0 aliphatic rings. The highest BCUT2D eigenvalue weighted by atomic mass is 127. The van der Waals surface area contributed by atoms with E-state index in [1.165, 1.54) is 0 Å². The summed E-state index contributed by atoms with van der Waals surface area (Å²) in [7, 11) is 0. The molecular formula is C11H14INO2. The summed E-state index contributed by atoms with van der Waals surface area (Å²) in [5.74, 6) is -0.339. The van der Waals surface area contributed by atoms with Crippen LogP contribution in [0.1, 0.15) is 29.3 Å². The van der Waals surface area contributed by atoms with E-state index in [2.05, 4.69) is 22.6 Å². The van der Waals surface area contributed by atoms with Gasteiger partial charge in [0.25, 0.3) is 0 Å². The minimum atomic E-state index is -0.339. The van der Waals surface area contributed by atoms with Crippen molar-refractivity contribution in [2.75, 3.05) is 12.3 Å².